The van der Waals surface area contributed by atoms with E-state index in [0.29, 0.717) is 11.7 Å². The molecule has 168 valence electrons. The Morgan fingerprint density at radius 1 is 1.00 bits per heavy atom. The van der Waals surface area contributed by atoms with Crippen LogP contribution in [0.15, 0.2) is 88.9 Å². The van der Waals surface area contributed by atoms with E-state index in [-0.39, 0.29) is 17.6 Å². The molecule has 4 rings (SSSR count). The normalized spacial score (nSPS) is 10.7. The second-order valence-corrected chi connectivity index (χ2v) is 8.64. The standard InChI is InChI=1S/C25H23ClN4O2S/c1-32-20-13-11-19(12-14-20)17-23(31)27-21-9-5-6-10-22(21)33-25-28-24(26)29-30(25)16-15-18-7-3-2-4-8-18/h2-14H,15-17H2,1H3,(H,27,31). The zero-order chi connectivity index (χ0) is 23.0. The molecular weight excluding hydrogens is 456 g/mol. The highest BCUT2D eigenvalue weighted by Crippen LogP contribution is 2.33. The number of carbonyl (C=O) groups is 1. The van der Waals surface area contributed by atoms with Gasteiger partial charge < -0.3 is 10.1 Å². The summed E-state index contributed by atoms with van der Waals surface area (Å²) in [6.45, 7) is 0.651. The van der Waals surface area contributed by atoms with Crippen LogP contribution in [-0.4, -0.2) is 27.8 Å². The number of aryl methyl sites for hydroxylation is 2. The van der Waals surface area contributed by atoms with Gasteiger partial charge in [-0.25, -0.2) is 4.68 Å². The third kappa shape index (κ3) is 6.37. The van der Waals surface area contributed by atoms with Crippen molar-refractivity contribution >= 4 is 35.0 Å². The molecule has 1 amide bonds. The lowest BCUT2D eigenvalue weighted by Crippen LogP contribution is -2.15. The first-order chi connectivity index (χ1) is 16.1. The molecule has 0 saturated carbocycles. The van der Waals surface area contributed by atoms with Crippen molar-refractivity contribution in [3.05, 3.63) is 95.3 Å². The number of rotatable bonds is 9. The van der Waals surface area contributed by atoms with Gasteiger partial charge in [-0.15, -0.1) is 5.10 Å². The second-order valence-electron chi connectivity index (χ2n) is 7.29. The monoisotopic (exact) mass is 478 g/mol. The lowest BCUT2D eigenvalue weighted by atomic mass is 10.1. The zero-order valence-corrected chi connectivity index (χ0v) is 19.6. The Balaban J connectivity index is 1.44. The van der Waals surface area contributed by atoms with E-state index in [0.717, 1.165) is 28.3 Å². The molecule has 6 nitrogen and oxygen atoms in total. The molecule has 0 bridgehead atoms. The fourth-order valence-corrected chi connectivity index (χ4v) is 4.45. The predicted octanol–water partition coefficient (Wildman–Crippen LogP) is 5.52. The van der Waals surface area contributed by atoms with Crippen molar-refractivity contribution in [1.29, 1.82) is 0 Å². The minimum Gasteiger partial charge on any atom is -0.497 e. The second kappa shape index (κ2) is 11.0. The fourth-order valence-electron chi connectivity index (χ4n) is 3.28. The Morgan fingerprint density at radius 3 is 2.48 bits per heavy atom. The van der Waals surface area contributed by atoms with Crippen LogP contribution in [-0.2, 0) is 24.2 Å². The van der Waals surface area contributed by atoms with Crippen LogP contribution in [0.2, 0.25) is 5.28 Å². The van der Waals surface area contributed by atoms with Gasteiger partial charge in [-0.1, -0.05) is 54.6 Å². The van der Waals surface area contributed by atoms with Crippen molar-refractivity contribution in [2.45, 2.75) is 29.4 Å². The lowest BCUT2D eigenvalue weighted by Gasteiger charge is -2.11. The number of carbonyl (C=O) groups excluding carboxylic acids is 1. The Bertz CT molecular complexity index is 1210. The molecular formula is C25H23ClN4O2S. The molecule has 1 heterocycles. The van der Waals surface area contributed by atoms with E-state index in [1.54, 1.807) is 11.8 Å². The van der Waals surface area contributed by atoms with Crippen molar-refractivity contribution in [1.82, 2.24) is 14.8 Å². The van der Waals surface area contributed by atoms with Gasteiger partial charge in [-0.05, 0) is 65.2 Å². The van der Waals surface area contributed by atoms with E-state index in [1.165, 1.54) is 17.3 Å². The van der Waals surface area contributed by atoms with Crippen LogP contribution in [0.5, 0.6) is 5.75 Å². The molecule has 0 spiro atoms. The van der Waals surface area contributed by atoms with Gasteiger partial charge >= 0.3 is 0 Å². The van der Waals surface area contributed by atoms with Crippen LogP contribution in [0.25, 0.3) is 0 Å². The number of amides is 1. The molecule has 1 aromatic heterocycles. The van der Waals surface area contributed by atoms with Crippen molar-refractivity contribution in [2.75, 3.05) is 12.4 Å². The Hall–Kier alpha value is -3.29. The Morgan fingerprint density at radius 2 is 1.73 bits per heavy atom. The van der Waals surface area contributed by atoms with Gasteiger partial charge in [0.1, 0.15) is 5.75 Å². The molecule has 0 saturated heterocycles. The molecule has 0 aliphatic heterocycles. The molecule has 4 aromatic rings. The first-order valence-electron chi connectivity index (χ1n) is 10.4. The van der Waals surface area contributed by atoms with Gasteiger partial charge in [-0.2, -0.15) is 4.98 Å². The van der Waals surface area contributed by atoms with E-state index in [2.05, 4.69) is 27.5 Å². The molecule has 33 heavy (non-hydrogen) atoms. The van der Waals surface area contributed by atoms with Crippen LogP contribution in [0.3, 0.4) is 0 Å². The summed E-state index contributed by atoms with van der Waals surface area (Å²) in [5, 5.41) is 8.22. The Labute approximate surface area is 202 Å². The van der Waals surface area contributed by atoms with Crippen LogP contribution >= 0.6 is 23.4 Å². The largest absolute Gasteiger partial charge is 0.497 e. The van der Waals surface area contributed by atoms with E-state index >= 15 is 0 Å². The van der Waals surface area contributed by atoms with Crippen molar-refractivity contribution in [3.63, 3.8) is 0 Å². The highest BCUT2D eigenvalue weighted by molar-refractivity contribution is 7.99. The predicted molar refractivity (Wildman–Crippen MR) is 131 cm³/mol. The molecule has 0 aliphatic carbocycles. The SMILES string of the molecule is COc1ccc(CC(=O)Nc2ccccc2Sc2nc(Cl)nn2CCc2ccccc2)cc1. The van der Waals surface area contributed by atoms with Gasteiger partial charge in [0.25, 0.3) is 0 Å². The quantitative estimate of drug-likeness (QED) is 0.343. The number of nitrogens with one attached hydrogen (secondary N) is 1. The maximum atomic E-state index is 12.7. The van der Waals surface area contributed by atoms with E-state index < -0.39 is 0 Å². The zero-order valence-electron chi connectivity index (χ0n) is 18.1. The third-order valence-corrected chi connectivity index (χ3v) is 6.17. The molecule has 0 atom stereocenters. The van der Waals surface area contributed by atoms with Crippen molar-refractivity contribution < 1.29 is 9.53 Å². The summed E-state index contributed by atoms with van der Waals surface area (Å²) in [4.78, 5) is 17.9. The maximum Gasteiger partial charge on any atom is 0.243 e. The highest BCUT2D eigenvalue weighted by Gasteiger charge is 2.14. The summed E-state index contributed by atoms with van der Waals surface area (Å²) in [6, 6.07) is 25.3. The van der Waals surface area contributed by atoms with Crippen molar-refractivity contribution in [3.8, 4) is 5.75 Å². The summed E-state index contributed by atoms with van der Waals surface area (Å²) >= 11 is 7.54. The summed E-state index contributed by atoms with van der Waals surface area (Å²) in [5.74, 6) is 0.660. The minimum absolute atomic E-state index is 0.100. The van der Waals surface area contributed by atoms with E-state index in [1.807, 2.05) is 66.7 Å². The topological polar surface area (TPSA) is 69.0 Å². The average molecular weight is 479 g/mol. The number of hydrogen-bond acceptors (Lipinski definition) is 5. The van der Waals surface area contributed by atoms with Gasteiger partial charge in [0.05, 0.1) is 19.2 Å². The lowest BCUT2D eigenvalue weighted by molar-refractivity contribution is -0.115. The molecule has 8 heteroatoms. The number of para-hydroxylation sites is 1. The van der Waals surface area contributed by atoms with E-state index in [9.17, 15) is 4.79 Å². The van der Waals surface area contributed by atoms with Gasteiger partial charge in [0.15, 0.2) is 5.16 Å². The number of anilines is 1. The number of nitrogens with zero attached hydrogens (tertiary/aromatic N) is 3. The first kappa shape index (κ1) is 22.9. The molecule has 1 N–H and O–H groups in total. The first-order valence-corrected chi connectivity index (χ1v) is 11.6. The minimum atomic E-state index is -0.100. The number of benzene rings is 3. The number of ether oxygens (including phenoxy) is 1. The highest BCUT2D eigenvalue weighted by atomic mass is 35.5. The van der Waals surface area contributed by atoms with Crippen LogP contribution in [0, 0.1) is 0 Å². The molecule has 3 aromatic carbocycles. The smallest absolute Gasteiger partial charge is 0.243 e. The summed E-state index contributed by atoms with van der Waals surface area (Å²) in [5.41, 5.74) is 2.84. The Kier molecular flexibility index (Phi) is 7.65. The van der Waals surface area contributed by atoms with Crippen molar-refractivity contribution in [2.24, 2.45) is 0 Å². The number of aromatic nitrogens is 3. The maximum absolute atomic E-state index is 12.7. The molecule has 0 aliphatic rings. The average Bonchev–Trinajstić information content (AvgIpc) is 3.19. The summed E-state index contributed by atoms with van der Waals surface area (Å²) in [7, 11) is 1.62. The number of hydrogen-bond donors (Lipinski definition) is 1. The fraction of sp³-hybridized carbons (Fsp3) is 0.160. The third-order valence-electron chi connectivity index (χ3n) is 4.95. The van der Waals surface area contributed by atoms with Gasteiger partial charge in [0.2, 0.25) is 11.2 Å². The summed E-state index contributed by atoms with van der Waals surface area (Å²) in [6.07, 6.45) is 1.08. The van der Waals surface area contributed by atoms with Gasteiger partial charge in [0, 0.05) is 11.4 Å². The van der Waals surface area contributed by atoms with E-state index in [4.69, 9.17) is 16.3 Å². The van der Waals surface area contributed by atoms with Crippen LogP contribution < -0.4 is 10.1 Å². The number of halogens is 1. The van der Waals surface area contributed by atoms with Crippen LogP contribution in [0.1, 0.15) is 11.1 Å². The van der Waals surface area contributed by atoms with Crippen LogP contribution in [0.4, 0.5) is 5.69 Å². The molecule has 0 fully saturated rings. The molecule has 0 radical (unpaired) electrons. The number of methoxy groups -OCH3 is 1. The van der Waals surface area contributed by atoms with Gasteiger partial charge in [-0.3, -0.25) is 4.79 Å². The molecule has 0 unspecified atom stereocenters. The summed E-state index contributed by atoms with van der Waals surface area (Å²) < 4.78 is 6.97.